The second-order valence-electron chi connectivity index (χ2n) is 3.59. The van der Waals surface area contributed by atoms with Crippen LogP contribution in [0.5, 0.6) is 0 Å². The normalized spacial score (nSPS) is 13.5. The van der Waals surface area contributed by atoms with Gasteiger partial charge in [0.1, 0.15) is 12.9 Å². The summed E-state index contributed by atoms with van der Waals surface area (Å²) in [6.07, 6.45) is -0.882. The molecule has 0 aromatic heterocycles. The van der Waals surface area contributed by atoms with Gasteiger partial charge in [0.25, 0.3) is 0 Å². The van der Waals surface area contributed by atoms with E-state index < -0.39 is 6.10 Å². The van der Waals surface area contributed by atoms with Gasteiger partial charge < -0.3 is 14.6 Å². The third-order valence-electron chi connectivity index (χ3n) is 2.30. The monoisotopic (exact) mass is 240 g/mol. The first-order chi connectivity index (χ1) is 8.16. The molecule has 0 aliphatic rings. The first-order valence-electron chi connectivity index (χ1n) is 6.01. The van der Waals surface area contributed by atoms with Crippen LogP contribution < -0.4 is 0 Å². The fourth-order valence-electron chi connectivity index (χ4n) is 1.54. The fraction of sp³-hybridized carbons (Fsp3) is 0.571. The molecule has 3 nitrogen and oxygen atoms in total. The summed E-state index contributed by atoms with van der Waals surface area (Å²) < 4.78 is 10.3. The van der Waals surface area contributed by atoms with Gasteiger partial charge in [0.2, 0.25) is 0 Å². The van der Waals surface area contributed by atoms with Crippen LogP contribution in [0.25, 0.3) is 0 Å². The van der Waals surface area contributed by atoms with Gasteiger partial charge in [-0.3, -0.25) is 0 Å². The van der Waals surface area contributed by atoms with Crippen LogP contribution in [0, 0.1) is 6.92 Å². The number of rotatable bonds is 5. The Bertz CT molecular complexity index is 297. The number of aliphatic hydroxyl groups excluding tert-OH is 1. The lowest BCUT2D eigenvalue weighted by molar-refractivity contribution is -0.110. The Morgan fingerprint density at radius 2 is 1.82 bits per heavy atom. The van der Waals surface area contributed by atoms with E-state index in [1.807, 2.05) is 45.0 Å². The summed E-state index contributed by atoms with van der Waals surface area (Å²) in [6, 6.07) is 7.87. The van der Waals surface area contributed by atoms with Gasteiger partial charge in [0, 0.05) is 7.11 Å². The molecular weight excluding hydrogens is 216 g/mol. The Hall–Kier alpha value is -0.900. The fourth-order valence-corrected chi connectivity index (χ4v) is 1.54. The average Bonchev–Trinajstić information content (AvgIpc) is 2.34. The second-order valence-corrected chi connectivity index (χ2v) is 3.59. The van der Waals surface area contributed by atoms with Crippen molar-refractivity contribution in [3.8, 4) is 0 Å². The Balaban J connectivity index is 0.00000121. The Morgan fingerprint density at radius 3 is 2.29 bits per heavy atom. The molecule has 17 heavy (non-hydrogen) atoms. The molecule has 1 aromatic carbocycles. The van der Waals surface area contributed by atoms with E-state index in [4.69, 9.17) is 9.47 Å². The standard InChI is InChI=1S/C12H18O3.C2H6/c1-9-6-4-5-7-11(9)12(10(2)13)15-8-14-3;1-2/h4-7,10,12-13H,8H2,1-3H3;1-2H3. The quantitative estimate of drug-likeness (QED) is 0.804. The number of aryl methyl sites for hydroxylation is 1. The SMILES string of the molecule is CC.COCOC(c1ccccc1C)C(C)O. The van der Waals surface area contributed by atoms with Crippen LogP contribution in [-0.4, -0.2) is 25.1 Å². The molecule has 98 valence electrons. The van der Waals surface area contributed by atoms with E-state index in [2.05, 4.69) is 0 Å². The van der Waals surface area contributed by atoms with E-state index in [1.165, 1.54) is 0 Å². The van der Waals surface area contributed by atoms with Gasteiger partial charge in [-0.25, -0.2) is 0 Å². The van der Waals surface area contributed by atoms with Gasteiger partial charge in [-0.1, -0.05) is 38.1 Å². The summed E-state index contributed by atoms with van der Waals surface area (Å²) in [4.78, 5) is 0. The van der Waals surface area contributed by atoms with Crippen molar-refractivity contribution in [2.45, 2.75) is 39.9 Å². The van der Waals surface area contributed by atoms with Crippen molar-refractivity contribution >= 4 is 0 Å². The van der Waals surface area contributed by atoms with Crippen LogP contribution in [0.2, 0.25) is 0 Å². The van der Waals surface area contributed by atoms with Crippen molar-refractivity contribution in [2.75, 3.05) is 13.9 Å². The van der Waals surface area contributed by atoms with Crippen LogP contribution in [0.3, 0.4) is 0 Å². The lowest BCUT2D eigenvalue weighted by Gasteiger charge is -2.22. The summed E-state index contributed by atoms with van der Waals surface area (Å²) in [7, 11) is 1.57. The van der Waals surface area contributed by atoms with Crippen LogP contribution in [0.15, 0.2) is 24.3 Å². The highest BCUT2D eigenvalue weighted by Crippen LogP contribution is 2.24. The van der Waals surface area contributed by atoms with Gasteiger partial charge in [0.15, 0.2) is 0 Å². The molecule has 0 radical (unpaired) electrons. The van der Waals surface area contributed by atoms with E-state index in [9.17, 15) is 5.11 Å². The van der Waals surface area contributed by atoms with Gasteiger partial charge in [-0.15, -0.1) is 0 Å². The topological polar surface area (TPSA) is 38.7 Å². The third-order valence-corrected chi connectivity index (χ3v) is 2.30. The third kappa shape index (κ3) is 5.31. The van der Waals surface area contributed by atoms with E-state index in [0.29, 0.717) is 0 Å². The highest BCUT2D eigenvalue weighted by molar-refractivity contribution is 5.28. The predicted octanol–water partition coefficient (Wildman–Crippen LogP) is 3.06. The zero-order chi connectivity index (χ0) is 13.3. The molecule has 2 unspecified atom stereocenters. The molecule has 0 fully saturated rings. The first-order valence-corrected chi connectivity index (χ1v) is 6.01. The van der Waals surface area contributed by atoms with E-state index in [0.717, 1.165) is 11.1 Å². The highest BCUT2D eigenvalue weighted by Gasteiger charge is 2.19. The largest absolute Gasteiger partial charge is 0.390 e. The molecule has 2 atom stereocenters. The van der Waals surface area contributed by atoms with Crippen molar-refractivity contribution in [1.82, 2.24) is 0 Å². The number of ether oxygens (including phenoxy) is 2. The maximum atomic E-state index is 9.64. The van der Waals surface area contributed by atoms with Crippen molar-refractivity contribution in [3.63, 3.8) is 0 Å². The maximum absolute atomic E-state index is 9.64. The van der Waals surface area contributed by atoms with Crippen LogP contribution >= 0.6 is 0 Å². The summed E-state index contributed by atoms with van der Waals surface area (Å²) >= 11 is 0. The molecule has 0 aliphatic heterocycles. The maximum Gasteiger partial charge on any atom is 0.147 e. The lowest BCUT2D eigenvalue weighted by Crippen LogP contribution is -2.20. The van der Waals surface area contributed by atoms with Crippen LogP contribution in [0.1, 0.15) is 38.0 Å². The van der Waals surface area contributed by atoms with Crippen molar-refractivity contribution in [2.24, 2.45) is 0 Å². The molecule has 3 heteroatoms. The van der Waals surface area contributed by atoms with Crippen LogP contribution in [-0.2, 0) is 9.47 Å². The van der Waals surface area contributed by atoms with Gasteiger partial charge >= 0.3 is 0 Å². The summed E-state index contributed by atoms with van der Waals surface area (Å²) in [5.41, 5.74) is 2.11. The van der Waals surface area contributed by atoms with Gasteiger partial charge in [-0.2, -0.15) is 0 Å². The highest BCUT2D eigenvalue weighted by atomic mass is 16.7. The van der Waals surface area contributed by atoms with Crippen LogP contribution in [0.4, 0.5) is 0 Å². The number of methoxy groups -OCH3 is 1. The average molecular weight is 240 g/mol. The first kappa shape index (κ1) is 16.1. The van der Waals surface area contributed by atoms with E-state index >= 15 is 0 Å². The minimum absolute atomic E-state index is 0.184. The Morgan fingerprint density at radius 1 is 1.24 bits per heavy atom. The molecule has 1 rings (SSSR count). The molecule has 0 saturated heterocycles. The van der Waals surface area contributed by atoms with Gasteiger partial charge in [0.05, 0.1) is 6.10 Å². The van der Waals surface area contributed by atoms with Crippen molar-refractivity contribution < 1.29 is 14.6 Å². The number of aliphatic hydroxyl groups is 1. The molecule has 0 amide bonds. The molecule has 0 spiro atoms. The zero-order valence-electron chi connectivity index (χ0n) is 11.4. The Kier molecular flexibility index (Phi) is 8.68. The van der Waals surface area contributed by atoms with E-state index in [-0.39, 0.29) is 12.9 Å². The lowest BCUT2D eigenvalue weighted by atomic mass is 10.0. The molecular formula is C14H24O3. The predicted molar refractivity (Wildman–Crippen MR) is 69.9 cm³/mol. The molecule has 1 N–H and O–H groups in total. The molecule has 0 aliphatic carbocycles. The summed E-state index contributed by atoms with van der Waals surface area (Å²) in [5.74, 6) is 0. The number of hydrogen-bond acceptors (Lipinski definition) is 3. The van der Waals surface area contributed by atoms with E-state index in [1.54, 1.807) is 14.0 Å². The summed E-state index contributed by atoms with van der Waals surface area (Å²) in [5, 5.41) is 9.64. The number of hydrogen-bond donors (Lipinski definition) is 1. The minimum Gasteiger partial charge on any atom is -0.390 e. The van der Waals surface area contributed by atoms with Crippen molar-refractivity contribution in [1.29, 1.82) is 0 Å². The Labute approximate surface area is 104 Å². The minimum atomic E-state index is -0.554. The van der Waals surface area contributed by atoms with Gasteiger partial charge in [-0.05, 0) is 25.0 Å². The molecule has 0 heterocycles. The smallest absolute Gasteiger partial charge is 0.147 e. The number of benzene rings is 1. The summed E-state index contributed by atoms with van der Waals surface area (Å²) in [6.45, 7) is 7.90. The van der Waals surface area contributed by atoms with Crippen molar-refractivity contribution in [3.05, 3.63) is 35.4 Å². The molecule has 0 saturated carbocycles. The second kappa shape index (κ2) is 9.16. The zero-order valence-corrected chi connectivity index (χ0v) is 11.4. The molecule has 0 bridgehead atoms. The molecule has 1 aromatic rings.